The van der Waals surface area contributed by atoms with Crippen LogP contribution in [0, 0.1) is 0 Å². The van der Waals surface area contributed by atoms with Crippen molar-refractivity contribution in [2.75, 3.05) is 27.2 Å². The molecular weight excluding hydrogens is 244 g/mol. The summed E-state index contributed by atoms with van der Waals surface area (Å²) in [7, 11) is 5.78. The Kier molecular flexibility index (Phi) is 3.99. The van der Waals surface area contributed by atoms with Gasteiger partial charge in [-0.2, -0.15) is 0 Å². The number of hydrogen-bond acceptors (Lipinski definition) is 4. The molecule has 6 nitrogen and oxygen atoms in total. The number of Topliss-reactive ketones (excluding diaryl/α,β-unsaturated/α-hetero) is 1. The summed E-state index contributed by atoms with van der Waals surface area (Å²) in [5, 5.41) is 0. The molecule has 104 valence electrons. The minimum atomic E-state index is -0.217. The number of rotatable bonds is 4. The summed E-state index contributed by atoms with van der Waals surface area (Å²) >= 11 is 0. The Hall–Kier alpha value is -1.69. The van der Waals surface area contributed by atoms with Crippen molar-refractivity contribution in [3.8, 4) is 0 Å². The molecule has 1 saturated heterocycles. The van der Waals surface area contributed by atoms with E-state index in [9.17, 15) is 9.59 Å². The van der Waals surface area contributed by atoms with Crippen LogP contribution >= 0.6 is 0 Å². The monoisotopic (exact) mass is 264 g/mol. The number of aromatic nitrogens is 2. The minimum Gasteiger partial charge on any atom is -0.341 e. The molecule has 0 radical (unpaired) electrons. The number of likely N-dealkylation sites (tertiary alicyclic amines) is 1. The van der Waals surface area contributed by atoms with Gasteiger partial charge in [0.25, 0.3) is 0 Å². The Morgan fingerprint density at radius 2 is 2.21 bits per heavy atom. The molecule has 0 N–H and O–H groups in total. The van der Waals surface area contributed by atoms with Gasteiger partial charge in [-0.25, -0.2) is 4.98 Å². The molecule has 1 aliphatic heterocycles. The quantitative estimate of drug-likeness (QED) is 0.574. The maximum atomic E-state index is 12.1. The number of nitrogens with zero attached hydrogens (tertiary/aromatic N) is 4. The summed E-state index contributed by atoms with van der Waals surface area (Å²) in [6, 6.07) is 0.396. The van der Waals surface area contributed by atoms with Gasteiger partial charge in [-0.1, -0.05) is 0 Å². The van der Waals surface area contributed by atoms with E-state index in [2.05, 4.69) is 9.88 Å². The van der Waals surface area contributed by atoms with E-state index in [1.54, 1.807) is 28.9 Å². The molecule has 0 saturated carbocycles. The molecule has 1 aliphatic rings. The van der Waals surface area contributed by atoms with Crippen molar-refractivity contribution in [2.24, 2.45) is 7.05 Å². The molecule has 1 unspecified atom stereocenters. The predicted octanol–water partition coefficient (Wildman–Crippen LogP) is 0.155. The van der Waals surface area contributed by atoms with Crippen LogP contribution in [0.1, 0.15) is 23.5 Å². The molecule has 1 fully saturated rings. The fraction of sp³-hybridized carbons (Fsp3) is 0.615. The first-order valence-corrected chi connectivity index (χ1v) is 6.43. The highest BCUT2D eigenvalue weighted by atomic mass is 16.2. The van der Waals surface area contributed by atoms with Crippen molar-refractivity contribution in [3.05, 3.63) is 18.2 Å². The van der Waals surface area contributed by atoms with Crippen LogP contribution in [0.25, 0.3) is 0 Å². The molecule has 1 atom stereocenters. The van der Waals surface area contributed by atoms with E-state index in [4.69, 9.17) is 0 Å². The molecule has 6 heteroatoms. The Morgan fingerprint density at radius 3 is 2.74 bits per heavy atom. The number of amides is 1. The minimum absolute atomic E-state index is 0.0923. The maximum absolute atomic E-state index is 12.1. The predicted molar refractivity (Wildman–Crippen MR) is 70.8 cm³/mol. The zero-order chi connectivity index (χ0) is 14.0. The Balaban J connectivity index is 1.92. The van der Waals surface area contributed by atoms with Crippen molar-refractivity contribution >= 4 is 11.7 Å². The number of hydrogen-bond donors (Lipinski definition) is 0. The number of carbonyl (C=O) groups excluding carboxylic acids is 2. The van der Waals surface area contributed by atoms with Gasteiger partial charge in [0.1, 0.15) is 0 Å². The average molecular weight is 264 g/mol. The van der Waals surface area contributed by atoms with Gasteiger partial charge < -0.3 is 14.4 Å². The smallest absolute Gasteiger partial charge is 0.230 e. The number of ketones is 1. The van der Waals surface area contributed by atoms with E-state index < -0.39 is 0 Å². The van der Waals surface area contributed by atoms with Gasteiger partial charge in [-0.3, -0.25) is 9.59 Å². The zero-order valence-corrected chi connectivity index (χ0v) is 11.7. The largest absolute Gasteiger partial charge is 0.341 e. The third-order valence-corrected chi connectivity index (χ3v) is 3.63. The van der Waals surface area contributed by atoms with Gasteiger partial charge in [0.05, 0.1) is 6.42 Å². The highest BCUT2D eigenvalue weighted by Gasteiger charge is 2.29. The van der Waals surface area contributed by atoms with E-state index in [1.807, 2.05) is 14.1 Å². The van der Waals surface area contributed by atoms with Gasteiger partial charge in [0.2, 0.25) is 11.7 Å². The third kappa shape index (κ3) is 3.01. The van der Waals surface area contributed by atoms with Gasteiger partial charge in [0, 0.05) is 38.6 Å². The summed E-state index contributed by atoms with van der Waals surface area (Å²) in [6.07, 6.45) is 4.14. The van der Waals surface area contributed by atoms with E-state index in [0.29, 0.717) is 18.4 Å². The topological polar surface area (TPSA) is 58.4 Å². The van der Waals surface area contributed by atoms with Crippen LogP contribution in [0.2, 0.25) is 0 Å². The molecule has 0 bridgehead atoms. The summed E-state index contributed by atoms with van der Waals surface area (Å²) in [6.45, 7) is 1.44. The van der Waals surface area contributed by atoms with Crippen LogP contribution in [-0.4, -0.2) is 64.3 Å². The molecule has 1 aromatic heterocycles. The van der Waals surface area contributed by atoms with Crippen LogP contribution in [0.4, 0.5) is 0 Å². The SMILES string of the molecule is CN(C)C1CCN(C(=O)CC(=O)c2nccn2C)C1. The second-order valence-electron chi connectivity index (χ2n) is 5.21. The highest BCUT2D eigenvalue weighted by Crippen LogP contribution is 2.14. The first-order chi connectivity index (χ1) is 8.99. The van der Waals surface area contributed by atoms with Gasteiger partial charge in [-0.15, -0.1) is 0 Å². The third-order valence-electron chi connectivity index (χ3n) is 3.63. The first kappa shape index (κ1) is 13.7. The maximum Gasteiger partial charge on any atom is 0.230 e. The molecule has 2 heterocycles. The lowest BCUT2D eigenvalue weighted by molar-refractivity contribution is -0.129. The number of aryl methyl sites for hydroxylation is 1. The number of carbonyl (C=O) groups is 2. The van der Waals surface area contributed by atoms with E-state index in [0.717, 1.165) is 13.0 Å². The standard InChI is InChI=1S/C13H20N4O2/c1-15(2)10-4-6-17(9-10)12(19)8-11(18)13-14-5-7-16(13)3/h5,7,10H,4,6,8-9H2,1-3H3. The molecule has 19 heavy (non-hydrogen) atoms. The fourth-order valence-electron chi connectivity index (χ4n) is 2.35. The van der Waals surface area contributed by atoms with Crippen molar-refractivity contribution in [2.45, 2.75) is 18.9 Å². The van der Waals surface area contributed by atoms with Crippen LogP contribution in [0.15, 0.2) is 12.4 Å². The second kappa shape index (κ2) is 5.52. The van der Waals surface area contributed by atoms with Crippen molar-refractivity contribution in [1.82, 2.24) is 19.4 Å². The van der Waals surface area contributed by atoms with Gasteiger partial charge >= 0.3 is 0 Å². The fourth-order valence-corrected chi connectivity index (χ4v) is 2.35. The zero-order valence-electron chi connectivity index (χ0n) is 11.7. The molecule has 1 amide bonds. The van der Waals surface area contributed by atoms with Crippen LogP contribution in [0.3, 0.4) is 0 Å². The van der Waals surface area contributed by atoms with Crippen molar-refractivity contribution in [1.29, 1.82) is 0 Å². The van der Waals surface area contributed by atoms with E-state index in [-0.39, 0.29) is 18.1 Å². The van der Waals surface area contributed by atoms with E-state index >= 15 is 0 Å². The average Bonchev–Trinajstić information content (AvgIpc) is 2.96. The first-order valence-electron chi connectivity index (χ1n) is 6.43. The lowest BCUT2D eigenvalue weighted by atomic mass is 10.2. The molecule has 0 spiro atoms. The van der Waals surface area contributed by atoms with Crippen molar-refractivity contribution < 1.29 is 9.59 Å². The summed E-state index contributed by atoms with van der Waals surface area (Å²) < 4.78 is 1.64. The highest BCUT2D eigenvalue weighted by molar-refractivity contribution is 6.05. The van der Waals surface area contributed by atoms with Gasteiger partial charge in [0.15, 0.2) is 5.82 Å². The Bertz CT molecular complexity index is 481. The molecule has 2 rings (SSSR count). The summed E-state index contributed by atoms with van der Waals surface area (Å²) in [5.74, 6) is 0.0276. The number of likely N-dealkylation sites (N-methyl/N-ethyl adjacent to an activating group) is 1. The van der Waals surface area contributed by atoms with E-state index in [1.165, 1.54) is 0 Å². The Morgan fingerprint density at radius 1 is 1.47 bits per heavy atom. The Labute approximate surface area is 113 Å². The normalized spacial score (nSPS) is 19.2. The van der Waals surface area contributed by atoms with Crippen LogP contribution < -0.4 is 0 Å². The van der Waals surface area contributed by atoms with Crippen LogP contribution in [-0.2, 0) is 11.8 Å². The van der Waals surface area contributed by atoms with Crippen molar-refractivity contribution in [3.63, 3.8) is 0 Å². The summed E-state index contributed by atoms with van der Waals surface area (Å²) in [4.78, 5) is 31.9. The lowest BCUT2D eigenvalue weighted by Crippen LogP contribution is -2.35. The molecule has 0 aromatic carbocycles. The molecule has 1 aromatic rings. The molecular formula is C13H20N4O2. The second-order valence-corrected chi connectivity index (χ2v) is 5.21. The van der Waals surface area contributed by atoms with Gasteiger partial charge in [-0.05, 0) is 20.5 Å². The lowest BCUT2D eigenvalue weighted by Gasteiger charge is -2.20. The molecule has 0 aliphatic carbocycles. The summed E-state index contributed by atoms with van der Waals surface area (Å²) in [5.41, 5.74) is 0. The number of imidazole rings is 1. The van der Waals surface area contributed by atoms with Crippen LogP contribution in [0.5, 0.6) is 0 Å².